The molecule has 0 bridgehead atoms. The highest BCUT2D eigenvalue weighted by molar-refractivity contribution is 6.25. The van der Waals surface area contributed by atoms with Crippen molar-refractivity contribution in [2.45, 2.75) is 6.92 Å². The van der Waals surface area contributed by atoms with E-state index in [4.69, 9.17) is 0 Å². The van der Waals surface area contributed by atoms with E-state index >= 15 is 0 Å². The second kappa shape index (κ2) is 7.50. The number of imide groups is 1. The van der Waals surface area contributed by atoms with Crippen LogP contribution in [0, 0.1) is 10.1 Å². The molecule has 3 rings (SSSR count). The number of nitrogens with zero attached hydrogens (tertiary/aromatic N) is 2. The van der Waals surface area contributed by atoms with Crippen molar-refractivity contribution in [2.24, 2.45) is 0 Å². The molecule has 0 aromatic heterocycles. The van der Waals surface area contributed by atoms with E-state index in [-0.39, 0.29) is 23.7 Å². The number of non-ortho nitro benzene ring substituents is 1. The van der Waals surface area contributed by atoms with Crippen molar-refractivity contribution in [1.82, 2.24) is 15.5 Å². The van der Waals surface area contributed by atoms with Crippen LogP contribution in [0.3, 0.4) is 0 Å². The molecule has 0 saturated carbocycles. The summed E-state index contributed by atoms with van der Waals surface area (Å²) in [6.45, 7) is 2.81. The number of amides is 3. The van der Waals surface area contributed by atoms with Crippen LogP contribution in [0.15, 0.2) is 30.3 Å². The van der Waals surface area contributed by atoms with E-state index in [2.05, 4.69) is 10.6 Å². The van der Waals surface area contributed by atoms with Gasteiger partial charge in [-0.15, -0.1) is 0 Å². The summed E-state index contributed by atoms with van der Waals surface area (Å²) in [5.74, 6) is -1.10. The smallest absolute Gasteiger partial charge is 0.270 e. The molecule has 1 aliphatic rings. The van der Waals surface area contributed by atoms with Crippen molar-refractivity contribution >= 4 is 34.2 Å². The summed E-state index contributed by atoms with van der Waals surface area (Å²) < 4.78 is 0. The molecule has 0 aliphatic carbocycles. The molecule has 9 heteroatoms. The Hall–Kier alpha value is -3.33. The van der Waals surface area contributed by atoms with E-state index < -0.39 is 16.7 Å². The van der Waals surface area contributed by atoms with Crippen LogP contribution in [0.4, 0.5) is 5.69 Å². The third-order valence-electron chi connectivity index (χ3n) is 4.31. The number of nitro groups is 1. The molecule has 0 spiro atoms. The lowest BCUT2D eigenvalue weighted by atomic mass is 9.93. The van der Waals surface area contributed by atoms with Gasteiger partial charge in [0.1, 0.15) is 0 Å². The number of hydrogen-bond acceptors (Lipinski definition) is 6. The minimum Gasteiger partial charge on any atom is -0.355 e. The summed E-state index contributed by atoms with van der Waals surface area (Å²) in [6.07, 6.45) is 0. The number of benzene rings is 2. The zero-order chi connectivity index (χ0) is 19.6. The first-order valence-corrected chi connectivity index (χ1v) is 8.42. The molecule has 0 atom stereocenters. The van der Waals surface area contributed by atoms with Crippen LogP contribution in [0.5, 0.6) is 0 Å². The molecule has 0 radical (unpaired) electrons. The molecule has 0 saturated heterocycles. The van der Waals surface area contributed by atoms with Crippen LogP contribution in [-0.4, -0.2) is 53.7 Å². The molecule has 1 heterocycles. The normalized spacial score (nSPS) is 13.1. The summed E-state index contributed by atoms with van der Waals surface area (Å²) in [5, 5.41) is 17.8. The first-order chi connectivity index (χ1) is 12.9. The number of carbonyl (C=O) groups is 3. The third kappa shape index (κ3) is 3.63. The lowest BCUT2D eigenvalue weighted by Crippen LogP contribution is -2.44. The highest BCUT2D eigenvalue weighted by Crippen LogP contribution is 2.33. The molecule has 2 aromatic rings. The maximum atomic E-state index is 12.8. The summed E-state index contributed by atoms with van der Waals surface area (Å²) in [5.41, 5.74) is 0.327. The van der Waals surface area contributed by atoms with Crippen molar-refractivity contribution < 1.29 is 19.3 Å². The number of nitro benzene ring substituents is 1. The van der Waals surface area contributed by atoms with Crippen LogP contribution in [0.2, 0.25) is 0 Å². The van der Waals surface area contributed by atoms with Gasteiger partial charge in [0, 0.05) is 56.2 Å². The van der Waals surface area contributed by atoms with Gasteiger partial charge >= 0.3 is 0 Å². The SMILES string of the molecule is CC(=O)NCCNCCN1C(=O)c2cccc3cc([N+](=O)[O-])cc(c23)C1=O. The summed E-state index contributed by atoms with van der Waals surface area (Å²) in [6, 6.07) is 7.49. The Morgan fingerprint density at radius 2 is 1.85 bits per heavy atom. The fourth-order valence-electron chi connectivity index (χ4n) is 3.09. The van der Waals surface area contributed by atoms with Crippen molar-refractivity contribution in [3.05, 3.63) is 51.6 Å². The minimum absolute atomic E-state index is 0.121. The Bertz CT molecular complexity index is 956. The van der Waals surface area contributed by atoms with Gasteiger partial charge < -0.3 is 10.6 Å². The number of hydrogen-bond donors (Lipinski definition) is 2. The lowest BCUT2D eigenvalue weighted by Gasteiger charge is -2.27. The van der Waals surface area contributed by atoms with Crippen LogP contribution >= 0.6 is 0 Å². The Morgan fingerprint density at radius 3 is 2.56 bits per heavy atom. The van der Waals surface area contributed by atoms with Gasteiger partial charge in [0.2, 0.25) is 5.91 Å². The van der Waals surface area contributed by atoms with E-state index in [9.17, 15) is 24.5 Å². The standard InChI is InChI=1S/C18H18N4O5/c1-11(23)20-6-5-19-7-8-21-17(24)14-4-2-3-12-9-13(22(26)27)10-15(16(12)14)18(21)25/h2-4,9-10,19H,5-8H2,1H3,(H,20,23). The van der Waals surface area contributed by atoms with Crippen molar-refractivity contribution in [1.29, 1.82) is 0 Å². The van der Waals surface area contributed by atoms with Gasteiger partial charge in [-0.2, -0.15) is 0 Å². The zero-order valence-corrected chi connectivity index (χ0v) is 14.7. The number of rotatable bonds is 7. The largest absolute Gasteiger partial charge is 0.355 e. The summed E-state index contributed by atoms with van der Waals surface area (Å²) >= 11 is 0. The molecule has 1 aliphatic heterocycles. The summed E-state index contributed by atoms with van der Waals surface area (Å²) in [4.78, 5) is 48.0. The van der Waals surface area contributed by atoms with Gasteiger partial charge in [0.15, 0.2) is 0 Å². The van der Waals surface area contributed by atoms with Crippen molar-refractivity contribution in [3.63, 3.8) is 0 Å². The van der Waals surface area contributed by atoms with Crippen molar-refractivity contribution in [2.75, 3.05) is 26.2 Å². The minimum atomic E-state index is -0.555. The maximum absolute atomic E-state index is 12.8. The molecule has 2 aromatic carbocycles. The second-order valence-corrected chi connectivity index (χ2v) is 6.15. The van der Waals surface area contributed by atoms with Gasteiger partial charge in [-0.05, 0) is 11.5 Å². The number of carbonyl (C=O) groups excluding carboxylic acids is 3. The fourth-order valence-corrected chi connectivity index (χ4v) is 3.09. The topological polar surface area (TPSA) is 122 Å². The average molecular weight is 370 g/mol. The van der Waals surface area contributed by atoms with Crippen LogP contribution in [0.25, 0.3) is 10.8 Å². The predicted molar refractivity (Wildman–Crippen MR) is 97.5 cm³/mol. The van der Waals surface area contributed by atoms with E-state index in [0.717, 1.165) is 4.90 Å². The molecular weight excluding hydrogens is 352 g/mol. The van der Waals surface area contributed by atoms with Gasteiger partial charge in [-0.1, -0.05) is 12.1 Å². The first kappa shape index (κ1) is 18.5. The van der Waals surface area contributed by atoms with Gasteiger partial charge in [0.05, 0.1) is 10.5 Å². The predicted octanol–water partition coefficient (Wildman–Crippen LogP) is 1.07. The first-order valence-electron chi connectivity index (χ1n) is 8.42. The molecule has 27 heavy (non-hydrogen) atoms. The lowest BCUT2D eigenvalue weighted by molar-refractivity contribution is -0.384. The highest BCUT2D eigenvalue weighted by atomic mass is 16.6. The maximum Gasteiger partial charge on any atom is 0.270 e. The Balaban J connectivity index is 1.81. The van der Waals surface area contributed by atoms with E-state index in [1.807, 2.05) is 0 Å². The van der Waals surface area contributed by atoms with Crippen LogP contribution in [0.1, 0.15) is 27.6 Å². The van der Waals surface area contributed by atoms with Gasteiger partial charge in [0.25, 0.3) is 17.5 Å². The van der Waals surface area contributed by atoms with Crippen molar-refractivity contribution in [3.8, 4) is 0 Å². The van der Waals surface area contributed by atoms with E-state index in [1.54, 1.807) is 18.2 Å². The summed E-state index contributed by atoms with van der Waals surface area (Å²) in [7, 11) is 0. The second-order valence-electron chi connectivity index (χ2n) is 6.15. The average Bonchev–Trinajstić information content (AvgIpc) is 2.63. The quantitative estimate of drug-likeness (QED) is 0.325. The molecule has 140 valence electrons. The molecular formula is C18H18N4O5. The molecule has 0 fully saturated rings. The van der Waals surface area contributed by atoms with Gasteiger partial charge in [-0.3, -0.25) is 29.4 Å². The van der Waals surface area contributed by atoms with Crippen LogP contribution in [-0.2, 0) is 4.79 Å². The van der Waals surface area contributed by atoms with Crippen LogP contribution < -0.4 is 10.6 Å². The molecule has 9 nitrogen and oxygen atoms in total. The highest BCUT2D eigenvalue weighted by Gasteiger charge is 2.33. The van der Waals surface area contributed by atoms with E-state index in [0.29, 0.717) is 36.0 Å². The van der Waals surface area contributed by atoms with E-state index in [1.165, 1.54) is 19.1 Å². The Labute approximate surface area is 154 Å². The molecule has 3 amide bonds. The third-order valence-corrected chi connectivity index (χ3v) is 4.31. The fraction of sp³-hybridized carbons (Fsp3) is 0.278. The Morgan fingerprint density at radius 1 is 1.11 bits per heavy atom. The molecule has 0 unspecified atom stereocenters. The number of nitrogens with one attached hydrogen (secondary N) is 2. The molecule has 2 N–H and O–H groups in total. The monoisotopic (exact) mass is 370 g/mol. The van der Waals surface area contributed by atoms with Gasteiger partial charge in [-0.25, -0.2) is 0 Å². The Kier molecular flexibility index (Phi) is 5.13. The zero-order valence-electron chi connectivity index (χ0n) is 14.7.